The molecule has 0 saturated heterocycles. The molecule has 0 bridgehead atoms. The molecular weight excluding hydrogens is 248 g/mol. The zero-order valence-corrected chi connectivity index (χ0v) is 10.5. The Kier molecular flexibility index (Phi) is 2.64. The molecule has 18 heavy (non-hydrogen) atoms. The Hall–Kier alpha value is -2.07. The zero-order valence-electron chi connectivity index (χ0n) is 9.74. The van der Waals surface area contributed by atoms with E-state index in [2.05, 4.69) is 26.3 Å². The van der Waals surface area contributed by atoms with Crippen molar-refractivity contribution < 1.29 is 0 Å². The van der Waals surface area contributed by atoms with Gasteiger partial charge >= 0.3 is 0 Å². The lowest BCUT2D eigenvalue weighted by molar-refractivity contribution is 1.06. The molecule has 1 aromatic carbocycles. The first kappa shape index (κ1) is 11.0. The van der Waals surface area contributed by atoms with Gasteiger partial charge in [0.05, 0.1) is 0 Å². The minimum atomic E-state index is 0.438. The Labute approximate surface area is 109 Å². The molecule has 3 aromatic rings. The summed E-state index contributed by atoms with van der Waals surface area (Å²) in [5.41, 5.74) is 2.08. The summed E-state index contributed by atoms with van der Waals surface area (Å²) < 4.78 is 0. The average Bonchev–Trinajstić information content (AvgIpc) is 2.74. The SMILES string of the molecule is Cc1nc(Cl)cc(Nc2ccc3[nH]ccc3c2)n1. The van der Waals surface area contributed by atoms with Crippen molar-refractivity contribution >= 4 is 34.0 Å². The number of hydrogen-bond acceptors (Lipinski definition) is 3. The van der Waals surface area contributed by atoms with E-state index in [9.17, 15) is 0 Å². The summed E-state index contributed by atoms with van der Waals surface area (Å²) in [6, 6.07) is 9.79. The molecule has 0 fully saturated rings. The summed E-state index contributed by atoms with van der Waals surface area (Å²) >= 11 is 5.90. The second kappa shape index (κ2) is 4.31. The molecule has 0 spiro atoms. The number of fused-ring (bicyclic) bond motifs is 1. The van der Waals surface area contributed by atoms with Gasteiger partial charge in [-0.25, -0.2) is 9.97 Å². The monoisotopic (exact) mass is 258 g/mol. The van der Waals surface area contributed by atoms with Crippen LogP contribution < -0.4 is 5.32 Å². The van der Waals surface area contributed by atoms with Crippen molar-refractivity contribution in [3.8, 4) is 0 Å². The van der Waals surface area contributed by atoms with Crippen LogP contribution in [-0.2, 0) is 0 Å². The van der Waals surface area contributed by atoms with Crippen LogP contribution >= 0.6 is 11.6 Å². The maximum Gasteiger partial charge on any atom is 0.135 e. The zero-order chi connectivity index (χ0) is 12.5. The Balaban J connectivity index is 1.95. The lowest BCUT2D eigenvalue weighted by atomic mass is 10.2. The third-order valence-electron chi connectivity index (χ3n) is 2.63. The van der Waals surface area contributed by atoms with Crippen LogP contribution in [0.25, 0.3) is 10.9 Å². The molecule has 0 aliphatic rings. The summed E-state index contributed by atoms with van der Waals surface area (Å²) in [5, 5.41) is 4.81. The van der Waals surface area contributed by atoms with Crippen molar-refractivity contribution in [1.82, 2.24) is 15.0 Å². The van der Waals surface area contributed by atoms with Gasteiger partial charge in [-0.05, 0) is 31.2 Å². The van der Waals surface area contributed by atoms with Gasteiger partial charge in [-0.1, -0.05) is 11.6 Å². The number of aryl methyl sites for hydroxylation is 1. The van der Waals surface area contributed by atoms with E-state index in [0.29, 0.717) is 16.8 Å². The maximum absolute atomic E-state index is 5.90. The van der Waals surface area contributed by atoms with Crippen molar-refractivity contribution in [2.75, 3.05) is 5.32 Å². The maximum atomic E-state index is 5.90. The topological polar surface area (TPSA) is 53.6 Å². The molecule has 5 heteroatoms. The Morgan fingerprint density at radius 1 is 1.17 bits per heavy atom. The fourth-order valence-electron chi connectivity index (χ4n) is 1.87. The smallest absolute Gasteiger partial charge is 0.135 e. The molecule has 0 amide bonds. The van der Waals surface area contributed by atoms with Crippen molar-refractivity contribution in [3.63, 3.8) is 0 Å². The van der Waals surface area contributed by atoms with Crippen LogP contribution in [0.2, 0.25) is 5.15 Å². The number of nitrogens with zero attached hydrogens (tertiary/aromatic N) is 2. The van der Waals surface area contributed by atoms with Crippen LogP contribution in [0.3, 0.4) is 0 Å². The number of rotatable bonds is 2. The van der Waals surface area contributed by atoms with Crippen LogP contribution in [0.5, 0.6) is 0 Å². The number of hydrogen-bond donors (Lipinski definition) is 2. The van der Waals surface area contributed by atoms with E-state index < -0.39 is 0 Å². The number of H-pyrrole nitrogens is 1. The molecule has 2 N–H and O–H groups in total. The minimum absolute atomic E-state index is 0.438. The van der Waals surface area contributed by atoms with Crippen LogP contribution in [0.15, 0.2) is 36.5 Å². The van der Waals surface area contributed by atoms with Crippen LogP contribution in [0.4, 0.5) is 11.5 Å². The molecule has 0 aliphatic heterocycles. The third kappa shape index (κ3) is 2.15. The normalized spacial score (nSPS) is 10.8. The van der Waals surface area contributed by atoms with E-state index in [1.165, 1.54) is 0 Å². The predicted octanol–water partition coefficient (Wildman–Crippen LogP) is 3.66. The first-order valence-electron chi connectivity index (χ1n) is 5.56. The summed E-state index contributed by atoms with van der Waals surface area (Å²) in [4.78, 5) is 11.5. The molecule has 2 aromatic heterocycles. The lowest BCUT2D eigenvalue weighted by Gasteiger charge is -2.06. The average molecular weight is 259 g/mol. The van der Waals surface area contributed by atoms with Crippen LogP contribution in [0, 0.1) is 6.92 Å². The quantitative estimate of drug-likeness (QED) is 0.690. The molecule has 4 nitrogen and oxygen atoms in total. The van der Waals surface area contributed by atoms with Crippen LogP contribution in [-0.4, -0.2) is 15.0 Å². The standard InChI is InChI=1S/C13H11ClN4/c1-8-16-12(14)7-13(17-8)18-10-2-3-11-9(6-10)4-5-15-11/h2-7,15H,1H3,(H,16,17,18). The molecule has 0 saturated carbocycles. The van der Waals surface area contributed by atoms with Gasteiger partial charge in [0.1, 0.15) is 16.8 Å². The molecule has 0 radical (unpaired) electrons. The van der Waals surface area contributed by atoms with Gasteiger partial charge in [0.15, 0.2) is 0 Å². The van der Waals surface area contributed by atoms with Gasteiger partial charge in [-0.15, -0.1) is 0 Å². The number of aromatic nitrogens is 3. The van der Waals surface area contributed by atoms with Gasteiger partial charge in [-0.2, -0.15) is 0 Å². The molecule has 90 valence electrons. The molecule has 0 aliphatic carbocycles. The number of benzene rings is 1. The number of aromatic amines is 1. The van der Waals surface area contributed by atoms with E-state index in [-0.39, 0.29) is 0 Å². The number of nitrogens with one attached hydrogen (secondary N) is 2. The fourth-order valence-corrected chi connectivity index (χ4v) is 2.10. The highest BCUT2D eigenvalue weighted by molar-refractivity contribution is 6.29. The van der Waals surface area contributed by atoms with E-state index in [1.54, 1.807) is 6.07 Å². The van der Waals surface area contributed by atoms with Crippen molar-refractivity contribution in [3.05, 3.63) is 47.5 Å². The summed E-state index contributed by atoms with van der Waals surface area (Å²) in [5.74, 6) is 1.34. The highest BCUT2D eigenvalue weighted by atomic mass is 35.5. The van der Waals surface area contributed by atoms with Crippen molar-refractivity contribution in [2.45, 2.75) is 6.92 Å². The second-order valence-electron chi connectivity index (χ2n) is 4.03. The van der Waals surface area contributed by atoms with E-state index in [1.807, 2.05) is 31.3 Å². The van der Waals surface area contributed by atoms with Crippen molar-refractivity contribution in [2.24, 2.45) is 0 Å². The van der Waals surface area contributed by atoms with Gasteiger partial charge in [0, 0.05) is 28.9 Å². The minimum Gasteiger partial charge on any atom is -0.361 e. The predicted molar refractivity (Wildman–Crippen MR) is 73.4 cm³/mol. The highest BCUT2D eigenvalue weighted by Crippen LogP contribution is 2.21. The third-order valence-corrected chi connectivity index (χ3v) is 2.83. The molecule has 0 unspecified atom stereocenters. The first-order valence-corrected chi connectivity index (χ1v) is 5.94. The Morgan fingerprint density at radius 3 is 2.89 bits per heavy atom. The first-order chi connectivity index (χ1) is 8.70. The molecular formula is C13H11ClN4. The molecule has 2 heterocycles. The van der Waals surface area contributed by atoms with Crippen LogP contribution in [0.1, 0.15) is 5.82 Å². The number of anilines is 2. The van der Waals surface area contributed by atoms with E-state index in [0.717, 1.165) is 16.6 Å². The molecule has 0 atom stereocenters. The second-order valence-corrected chi connectivity index (χ2v) is 4.42. The summed E-state index contributed by atoms with van der Waals surface area (Å²) in [6.45, 7) is 1.81. The Morgan fingerprint density at radius 2 is 2.06 bits per heavy atom. The van der Waals surface area contributed by atoms with Gasteiger partial charge in [-0.3, -0.25) is 0 Å². The summed E-state index contributed by atoms with van der Waals surface area (Å²) in [6.07, 6.45) is 1.92. The number of halogens is 1. The fraction of sp³-hybridized carbons (Fsp3) is 0.0769. The molecule has 3 rings (SSSR count). The Bertz CT molecular complexity index is 685. The van der Waals surface area contributed by atoms with E-state index in [4.69, 9.17) is 11.6 Å². The largest absolute Gasteiger partial charge is 0.361 e. The van der Waals surface area contributed by atoms with Crippen molar-refractivity contribution in [1.29, 1.82) is 0 Å². The van der Waals surface area contributed by atoms with Gasteiger partial charge in [0.25, 0.3) is 0 Å². The van der Waals surface area contributed by atoms with E-state index >= 15 is 0 Å². The van der Waals surface area contributed by atoms with Gasteiger partial charge in [0.2, 0.25) is 0 Å². The highest BCUT2D eigenvalue weighted by Gasteiger charge is 2.02. The lowest BCUT2D eigenvalue weighted by Crippen LogP contribution is -1.97. The van der Waals surface area contributed by atoms with Gasteiger partial charge < -0.3 is 10.3 Å². The summed E-state index contributed by atoms with van der Waals surface area (Å²) in [7, 11) is 0.